The summed E-state index contributed by atoms with van der Waals surface area (Å²) < 4.78 is 20.2. The lowest BCUT2D eigenvalue weighted by molar-refractivity contribution is -0.123. The Morgan fingerprint density at radius 2 is 2.13 bits per heavy atom. The van der Waals surface area contributed by atoms with E-state index in [1.54, 1.807) is 19.0 Å². The van der Waals surface area contributed by atoms with Crippen LogP contribution in [0.1, 0.15) is 13.2 Å². The van der Waals surface area contributed by atoms with Crippen LogP contribution in [-0.4, -0.2) is 69.3 Å². The number of hydrogen-bond acceptors (Lipinski definition) is 8. The zero-order valence-corrected chi connectivity index (χ0v) is 13.2. The Morgan fingerprint density at radius 3 is 2.65 bits per heavy atom. The van der Waals surface area contributed by atoms with Gasteiger partial charge in [0.1, 0.15) is 12.8 Å². The fourth-order valence-electron chi connectivity index (χ4n) is 2.13. The summed E-state index contributed by atoms with van der Waals surface area (Å²) in [7, 11) is 3.55. The van der Waals surface area contributed by atoms with Crippen LogP contribution in [-0.2, 0) is 4.74 Å². The van der Waals surface area contributed by atoms with Gasteiger partial charge in [0, 0.05) is 14.1 Å². The Labute approximate surface area is 132 Å². The van der Waals surface area contributed by atoms with Gasteiger partial charge in [-0.15, -0.1) is 0 Å². The highest BCUT2D eigenvalue weighted by Crippen LogP contribution is 2.25. The number of aromatic nitrogens is 4. The smallest absolute Gasteiger partial charge is 0.224 e. The Hall–Kier alpha value is -2.04. The van der Waals surface area contributed by atoms with Crippen LogP contribution in [0.5, 0.6) is 0 Å². The van der Waals surface area contributed by atoms with Crippen molar-refractivity contribution in [3.63, 3.8) is 0 Å². The number of nitrogens with two attached hydrogens (primary N) is 1. The van der Waals surface area contributed by atoms with Crippen molar-refractivity contribution in [2.75, 3.05) is 38.0 Å². The first kappa shape index (κ1) is 17.3. The van der Waals surface area contributed by atoms with E-state index >= 15 is 0 Å². The van der Waals surface area contributed by atoms with E-state index in [-0.39, 0.29) is 5.95 Å². The Kier molecular flexibility index (Phi) is 5.29. The SMILES string of the molecule is C[C@H](O)C(CO)O[C@H](CF)n1cnc2c(N(C)C)nc(N)nc21. The summed E-state index contributed by atoms with van der Waals surface area (Å²) in [6.45, 7) is 0.114. The van der Waals surface area contributed by atoms with Gasteiger partial charge in [-0.25, -0.2) is 9.37 Å². The zero-order chi connectivity index (χ0) is 17.1. The van der Waals surface area contributed by atoms with Crippen molar-refractivity contribution in [3.8, 4) is 0 Å². The van der Waals surface area contributed by atoms with Gasteiger partial charge >= 0.3 is 0 Å². The average molecular weight is 328 g/mol. The van der Waals surface area contributed by atoms with Crippen LogP contribution < -0.4 is 10.6 Å². The molecule has 0 amide bonds. The van der Waals surface area contributed by atoms with E-state index in [1.165, 1.54) is 17.8 Å². The number of nitrogen functional groups attached to an aromatic ring is 1. The van der Waals surface area contributed by atoms with Crippen LogP contribution in [0.4, 0.5) is 16.2 Å². The third-order valence-corrected chi connectivity index (χ3v) is 3.34. The molecule has 0 saturated carbocycles. The highest BCUT2D eigenvalue weighted by Gasteiger charge is 2.24. The number of ether oxygens (including phenoxy) is 1. The highest BCUT2D eigenvalue weighted by atomic mass is 19.1. The van der Waals surface area contributed by atoms with Gasteiger partial charge in [0.2, 0.25) is 5.95 Å². The summed E-state index contributed by atoms with van der Waals surface area (Å²) in [4.78, 5) is 14.1. The fourth-order valence-corrected chi connectivity index (χ4v) is 2.13. The number of nitrogens with zero attached hydrogens (tertiary/aromatic N) is 5. The molecule has 0 radical (unpaired) electrons. The Morgan fingerprint density at radius 1 is 1.43 bits per heavy atom. The quantitative estimate of drug-likeness (QED) is 0.633. The maximum absolute atomic E-state index is 13.4. The van der Waals surface area contributed by atoms with E-state index in [2.05, 4.69) is 15.0 Å². The van der Waals surface area contributed by atoms with Crippen molar-refractivity contribution in [3.05, 3.63) is 6.33 Å². The van der Waals surface area contributed by atoms with E-state index in [0.717, 1.165) is 0 Å². The number of anilines is 2. The van der Waals surface area contributed by atoms with Crippen molar-refractivity contribution < 1.29 is 19.3 Å². The average Bonchev–Trinajstić information content (AvgIpc) is 2.90. The molecule has 2 aromatic heterocycles. The first-order valence-corrected chi connectivity index (χ1v) is 7.06. The topological polar surface area (TPSA) is 123 Å². The zero-order valence-electron chi connectivity index (χ0n) is 13.2. The lowest BCUT2D eigenvalue weighted by atomic mass is 10.2. The monoisotopic (exact) mass is 328 g/mol. The van der Waals surface area contributed by atoms with Crippen molar-refractivity contribution in [1.82, 2.24) is 19.5 Å². The van der Waals surface area contributed by atoms with E-state index < -0.39 is 31.7 Å². The minimum Gasteiger partial charge on any atom is -0.394 e. The molecule has 23 heavy (non-hydrogen) atoms. The molecule has 10 heteroatoms. The number of fused-ring (bicyclic) bond motifs is 1. The largest absolute Gasteiger partial charge is 0.394 e. The molecule has 0 saturated heterocycles. The van der Waals surface area contributed by atoms with Crippen molar-refractivity contribution >= 4 is 22.9 Å². The third kappa shape index (κ3) is 3.49. The number of aliphatic hydroxyl groups excluding tert-OH is 2. The van der Waals surface area contributed by atoms with Gasteiger partial charge in [0.25, 0.3) is 0 Å². The van der Waals surface area contributed by atoms with Crippen molar-refractivity contribution in [1.29, 1.82) is 0 Å². The molecule has 0 aliphatic carbocycles. The van der Waals surface area contributed by atoms with Crippen LogP contribution in [0.2, 0.25) is 0 Å². The van der Waals surface area contributed by atoms with Gasteiger partial charge in [-0.05, 0) is 6.92 Å². The molecule has 0 fully saturated rings. The number of aliphatic hydroxyl groups is 2. The summed E-state index contributed by atoms with van der Waals surface area (Å²) in [6, 6.07) is 0. The maximum Gasteiger partial charge on any atom is 0.224 e. The highest BCUT2D eigenvalue weighted by molar-refractivity contribution is 5.84. The molecule has 9 nitrogen and oxygen atoms in total. The van der Waals surface area contributed by atoms with E-state index in [0.29, 0.717) is 17.0 Å². The van der Waals surface area contributed by atoms with Crippen LogP contribution in [0.25, 0.3) is 11.2 Å². The van der Waals surface area contributed by atoms with Crippen LogP contribution in [0.3, 0.4) is 0 Å². The lowest BCUT2D eigenvalue weighted by Gasteiger charge is -2.24. The molecule has 0 aliphatic rings. The van der Waals surface area contributed by atoms with Gasteiger partial charge in [-0.3, -0.25) is 4.57 Å². The van der Waals surface area contributed by atoms with E-state index in [4.69, 9.17) is 10.5 Å². The van der Waals surface area contributed by atoms with Crippen molar-refractivity contribution in [2.45, 2.75) is 25.4 Å². The molecule has 2 heterocycles. The molecule has 1 unspecified atom stereocenters. The fraction of sp³-hybridized carbons (Fsp3) is 0.615. The second-order valence-electron chi connectivity index (χ2n) is 5.33. The predicted molar refractivity (Wildman–Crippen MR) is 82.7 cm³/mol. The maximum atomic E-state index is 13.4. The van der Waals surface area contributed by atoms with Gasteiger partial charge in [0.15, 0.2) is 23.2 Å². The molecule has 0 bridgehead atoms. The minimum absolute atomic E-state index is 0.0230. The number of alkyl halides is 1. The summed E-state index contributed by atoms with van der Waals surface area (Å²) >= 11 is 0. The van der Waals surface area contributed by atoms with Crippen LogP contribution in [0, 0.1) is 0 Å². The molecule has 0 spiro atoms. The summed E-state index contributed by atoms with van der Waals surface area (Å²) in [6.07, 6.45) is -1.62. The van der Waals surface area contributed by atoms with E-state index in [1.807, 2.05) is 0 Å². The molecule has 3 atom stereocenters. The van der Waals surface area contributed by atoms with Crippen LogP contribution in [0.15, 0.2) is 6.33 Å². The summed E-state index contributed by atoms with van der Waals surface area (Å²) in [5.74, 6) is 0.521. The standard InChI is InChI=1S/C13H21FN6O3/c1-7(22)8(5-21)23-9(4-14)20-6-16-10-11(19(2)3)17-13(15)18-12(10)20/h6-9,21-22H,4-5H2,1-3H3,(H2,15,17,18)/t7-,8?,9+/m0/s1. The van der Waals surface area contributed by atoms with E-state index in [9.17, 15) is 14.6 Å². The predicted octanol–water partition coefficient (Wildman–Crippen LogP) is -0.299. The molecular weight excluding hydrogens is 307 g/mol. The summed E-state index contributed by atoms with van der Waals surface area (Å²) in [5.41, 5.74) is 6.46. The molecule has 0 aliphatic heterocycles. The molecule has 2 aromatic rings. The second-order valence-corrected chi connectivity index (χ2v) is 5.33. The molecule has 0 aromatic carbocycles. The van der Waals surface area contributed by atoms with Gasteiger partial charge in [-0.2, -0.15) is 9.97 Å². The van der Waals surface area contributed by atoms with Crippen LogP contribution >= 0.6 is 0 Å². The molecule has 128 valence electrons. The third-order valence-electron chi connectivity index (χ3n) is 3.34. The van der Waals surface area contributed by atoms with Gasteiger partial charge < -0.3 is 25.6 Å². The number of rotatable bonds is 7. The Bertz CT molecular complexity index is 662. The van der Waals surface area contributed by atoms with Gasteiger partial charge in [0.05, 0.1) is 19.0 Å². The Balaban J connectivity index is 2.45. The molecular formula is C13H21FN6O3. The number of imidazole rings is 1. The first-order chi connectivity index (χ1) is 10.9. The number of halogens is 1. The molecule has 4 N–H and O–H groups in total. The lowest BCUT2D eigenvalue weighted by Crippen LogP contribution is -2.33. The normalized spacial score (nSPS) is 15.6. The van der Waals surface area contributed by atoms with Crippen molar-refractivity contribution in [2.24, 2.45) is 0 Å². The first-order valence-electron chi connectivity index (χ1n) is 7.06. The number of hydrogen-bond donors (Lipinski definition) is 3. The van der Waals surface area contributed by atoms with Gasteiger partial charge in [-0.1, -0.05) is 0 Å². The molecule has 2 rings (SSSR count). The summed E-state index contributed by atoms with van der Waals surface area (Å²) in [5, 5.41) is 18.8. The minimum atomic E-state index is -1.10. The second kappa shape index (κ2) is 7.02.